The zero-order valence-electron chi connectivity index (χ0n) is 16.7. The smallest absolute Gasteiger partial charge is 0.354 e. The second-order valence-electron chi connectivity index (χ2n) is 7.87. The van der Waals surface area contributed by atoms with Gasteiger partial charge in [-0.15, -0.1) is 11.8 Å². The van der Waals surface area contributed by atoms with Crippen molar-refractivity contribution in [1.29, 1.82) is 0 Å². The number of carbonyl (C=O) groups excluding carboxylic acids is 1. The third-order valence-corrected chi connectivity index (χ3v) is 8.76. The summed E-state index contributed by atoms with van der Waals surface area (Å²) in [7, 11) is 0. The number of β-lactam (4-membered cyclic amide) rings is 1. The van der Waals surface area contributed by atoms with Gasteiger partial charge in [0.2, 0.25) is 5.91 Å². The van der Waals surface area contributed by atoms with Crippen LogP contribution in [0.2, 0.25) is 0 Å². The largest absolute Gasteiger partial charge is 0.477 e. The molecule has 0 radical (unpaired) electrons. The SMILES string of the molecule is CC[C@H](O)[C@@H]1C(=O)N2C(C(=O)O)=C(SC3CCN(C[C@@H](O)c4ccccc4)C3)S[C@H]12. The molecule has 1 aromatic carbocycles. The van der Waals surface area contributed by atoms with Crippen LogP contribution < -0.4 is 0 Å². The summed E-state index contributed by atoms with van der Waals surface area (Å²) >= 11 is 2.90. The van der Waals surface area contributed by atoms with Crippen LogP contribution in [0.15, 0.2) is 40.3 Å². The summed E-state index contributed by atoms with van der Waals surface area (Å²) in [5.41, 5.74) is 0.946. The average Bonchev–Trinajstić information content (AvgIpc) is 3.31. The number of likely N-dealkylation sites (tertiary alicyclic amines) is 1. The zero-order valence-corrected chi connectivity index (χ0v) is 18.3. The van der Waals surface area contributed by atoms with Gasteiger partial charge in [0.25, 0.3) is 0 Å². The van der Waals surface area contributed by atoms with Crippen LogP contribution in [0.3, 0.4) is 0 Å². The minimum atomic E-state index is -1.10. The number of nitrogens with zero attached hydrogens (tertiary/aromatic N) is 2. The van der Waals surface area contributed by atoms with Crippen molar-refractivity contribution in [1.82, 2.24) is 9.80 Å². The number of thioether (sulfide) groups is 2. The molecule has 3 aliphatic heterocycles. The summed E-state index contributed by atoms with van der Waals surface area (Å²) in [6.45, 7) is 3.95. The zero-order chi connectivity index (χ0) is 21.4. The third-order valence-electron chi connectivity index (χ3n) is 5.90. The third kappa shape index (κ3) is 4.01. The number of hydrogen-bond acceptors (Lipinski definition) is 7. The van der Waals surface area contributed by atoms with Gasteiger partial charge in [0.15, 0.2) is 5.70 Å². The Hall–Kier alpha value is -1.52. The molecule has 0 spiro atoms. The Labute approximate surface area is 184 Å². The van der Waals surface area contributed by atoms with E-state index in [2.05, 4.69) is 4.90 Å². The lowest BCUT2D eigenvalue weighted by molar-refractivity contribution is -0.157. The lowest BCUT2D eigenvalue weighted by Gasteiger charge is -2.44. The molecule has 30 heavy (non-hydrogen) atoms. The van der Waals surface area contributed by atoms with Crippen LogP contribution in [0.5, 0.6) is 0 Å². The van der Waals surface area contributed by atoms with Crippen molar-refractivity contribution < 1.29 is 24.9 Å². The fourth-order valence-electron chi connectivity index (χ4n) is 4.23. The topological polar surface area (TPSA) is 101 Å². The fraction of sp³-hybridized carbons (Fsp3) is 0.524. The molecular formula is C21H26N2O5S2. The van der Waals surface area contributed by atoms with Crippen molar-refractivity contribution >= 4 is 35.4 Å². The van der Waals surface area contributed by atoms with Gasteiger partial charge in [-0.25, -0.2) is 4.79 Å². The molecule has 2 saturated heterocycles. The van der Waals surface area contributed by atoms with Gasteiger partial charge < -0.3 is 15.3 Å². The molecule has 0 aliphatic carbocycles. The van der Waals surface area contributed by atoms with Crippen LogP contribution in [0.1, 0.15) is 31.4 Å². The molecule has 3 N–H and O–H groups in total. The van der Waals surface area contributed by atoms with Crippen LogP contribution in [0, 0.1) is 5.92 Å². The van der Waals surface area contributed by atoms with Gasteiger partial charge in [-0.3, -0.25) is 14.6 Å². The first-order valence-corrected chi connectivity index (χ1v) is 11.9. The number of carboxylic acid groups (broad SMARTS) is 1. The molecule has 3 aliphatic rings. The monoisotopic (exact) mass is 450 g/mol. The van der Waals surface area contributed by atoms with E-state index >= 15 is 0 Å². The van der Waals surface area contributed by atoms with E-state index in [0.717, 1.165) is 25.1 Å². The lowest BCUT2D eigenvalue weighted by atomic mass is 9.90. The molecule has 1 aromatic rings. The lowest BCUT2D eigenvalue weighted by Crippen LogP contribution is -2.61. The highest BCUT2D eigenvalue weighted by Gasteiger charge is 2.58. The van der Waals surface area contributed by atoms with Gasteiger partial charge in [-0.1, -0.05) is 49.0 Å². The maximum absolute atomic E-state index is 12.5. The summed E-state index contributed by atoms with van der Waals surface area (Å²) in [5, 5.41) is 30.2. The standard InChI is InChI=1S/C21H26N2O5S2/c1-2-14(24)16-18(26)23-17(20(27)28)21(30-19(16)23)29-13-8-9-22(10-13)11-15(25)12-6-4-3-5-7-12/h3-7,13-16,19,24-25H,2,8-11H2,1H3,(H,27,28)/t13?,14-,15+,16+,19+/m0/s1. The van der Waals surface area contributed by atoms with Crippen molar-refractivity contribution in [2.24, 2.45) is 5.92 Å². The van der Waals surface area contributed by atoms with Crippen LogP contribution in [0.4, 0.5) is 0 Å². The van der Waals surface area contributed by atoms with Crippen molar-refractivity contribution in [3.05, 3.63) is 45.8 Å². The molecule has 0 saturated carbocycles. The van der Waals surface area contributed by atoms with Gasteiger partial charge in [-0.05, 0) is 24.9 Å². The Bertz CT molecular complexity index is 849. The van der Waals surface area contributed by atoms with Gasteiger partial charge in [0, 0.05) is 18.3 Å². The maximum atomic E-state index is 12.5. The molecular weight excluding hydrogens is 424 g/mol. The Balaban J connectivity index is 1.38. The highest BCUT2D eigenvalue weighted by atomic mass is 32.2. The van der Waals surface area contributed by atoms with E-state index in [1.165, 1.54) is 28.4 Å². The van der Waals surface area contributed by atoms with Gasteiger partial charge >= 0.3 is 5.97 Å². The summed E-state index contributed by atoms with van der Waals surface area (Å²) in [6.07, 6.45) is 0.0589. The van der Waals surface area contributed by atoms with Crippen molar-refractivity contribution in [3.8, 4) is 0 Å². The minimum Gasteiger partial charge on any atom is -0.477 e. The van der Waals surface area contributed by atoms with Crippen LogP contribution in [-0.4, -0.2) is 73.4 Å². The van der Waals surface area contributed by atoms with E-state index in [1.807, 2.05) is 37.3 Å². The van der Waals surface area contributed by atoms with E-state index in [9.17, 15) is 24.9 Å². The summed E-state index contributed by atoms with van der Waals surface area (Å²) in [4.78, 5) is 27.8. The Morgan fingerprint density at radius 1 is 1.30 bits per heavy atom. The van der Waals surface area contributed by atoms with Crippen molar-refractivity contribution in [2.45, 2.75) is 42.6 Å². The molecule has 5 atom stereocenters. The molecule has 1 unspecified atom stereocenters. The van der Waals surface area contributed by atoms with Crippen LogP contribution >= 0.6 is 23.5 Å². The van der Waals surface area contributed by atoms with Gasteiger partial charge in [0.05, 0.1) is 22.4 Å². The van der Waals surface area contributed by atoms with E-state index in [0.29, 0.717) is 17.2 Å². The first-order valence-electron chi connectivity index (χ1n) is 10.2. The van der Waals surface area contributed by atoms with Crippen molar-refractivity contribution in [2.75, 3.05) is 19.6 Å². The molecule has 162 valence electrons. The second-order valence-corrected chi connectivity index (χ2v) is 10.6. The number of carboxylic acids is 1. The molecule has 2 fully saturated rings. The number of aliphatic hydroxyl groups is 2. The number of aliphatic carboxylic acids is 1. The van der Waals surface area contributed by atoms with Crippen molar-refractivity contribution in [3.63, 3.8) is 0 Å². The number of hydrogen-bond donors (Lipinski definition) is 3. The number of β-amino-alcohol motifs (C(OH)–C–C–N with tert-alkyl or cyclic N) is 1. The predicted molar refractivity (Wildman–Crippen MR) is 117 cm³/mol. The van der Waals surface area contributed by atoms with Gasteiger partial charge in [0.1, 0.15) is 5.37 Å². The molecule has 7 nitrogen and oxygen atoms in total. The summed E-state index contributed by atoms with van der Waals surface area (Å²) in [6, 6.07) is 9.56. The Kier molecular flexibility index (Phi) is 6.45. The predicted octanol–water partition coefficient (Wildman–Crippen LogP) is 2.08. The van der Waals surface area contributed by atoms with E-state index < -0.39 is 24.1 Å². The molecule has 9 heteroatoms. The average molecular weight is 451 g/mol. The number of aliphatic hydroxyl groups excluding tert-OH is 2. The second kappa shape index (κ2) is 8.92. The normalized spacial score (nSPS) is 28.4. The first-order chi connectivity index (χ1) is 14.4. The van der Waals surface area contributed by atoms with Crippen LogP contribution in [0.25, 0.3) is 0 Å². The highest BCUT2D eigenvalue weighted by Crippen LogP contribution is 2.55. The summed E-state index contributed by atoms with van der Waals surface area (Å²) < 4.78 is 0.655. The number of fused-ring (bicyclic) bond motifs is 1. The van der Waals surface area contributed by atoms with E-state index in [1.54, 1.807) is 0 Å². The Morgan fingerprint density at radius 3 is 2.70 bits per heavy atom. The number of rotatable bonds is 8. The highest BCUT2D eigenvalue weighted by molar-refractivity contribution is 8.23. The number of carbonyl (C=O) groups is 2. The molecule has 3 heterocycles. The van der Waals surface area contributed by atoms with E-state index in [-0.39, 0.29) is 22.2 Å². The summed E-state index contributed by atoms with van der Waals surface area (Å²) in [5.74, 6) is -1.93. The van der Waals surface area contributed by atoms with Gasteiger partial charge in [-0.2, -0.15) is 0 Å². The minimum absolute atomic E-state index is 0.0577. The number of benzene rings is 1. The molecule has 1 amide bonds. The van der Waals surface area contributed by atoms with Crippen LogP contribution in [-0.2, 0) is 9.59 Å². The molecule has 4 rings (SSSR count). The molecule has 0 aromatic heterocycles. The quantitative estimate of drug-likeness (QED) is 0.518. The van der Waals surface area contributed by atoms with E-state index in [4.69, 9.17) is 0 Å². The number of amides is 1. The Morgan fingerprint density at radius 2 is 2.03 bits per heavy atom. The molecule has 0 bridgehead atoms. The fourth-order valence-corrected chi connectivity index (χ4v) is 7.54. The first kappa shape index (κ1) is 21.7. The maximum Gasteiger partial charge on any atom is 0.354 e.